The summed E-state index contributed by atoms with van der Waals surface area (Å²) in [6, 6.07) is 4.96. The SMILES string of the molecule is CCCOC(=O)C1=C(C)N=C(C)C(C(=O)O)C1c1cccc(Cl)c1Cl. The molecule has 1 heterocycles. The van der Waals surface area contributed by atoms with E-state index in [1.807, 2.05) is 6.92 Å². The van der Waals surface area contributed by atoms with Crippen LogP contribution in [0.5, 0.6) is 0 Å². The number of aliphatic imine (C=N–C) groups is 1. The molecule has 0 saturated carbocycles. The Labute approximate surface area is 156 Å². The molecule has 5 nitrogen and oxygen atoms in total. The van der Waals surface area contributed by atoms with Gasteiger partial charge in [0.05, 0.1) is 22.2 Å². The first-order valence-corrected chi connectivity index (χ1v) is 8.64. The summed E-state index contributed by atoms with van der Waals surface area (Å²) in [5.74, 6) is -3.51. The second-order valence-corrected chi connectivity index (χ2v) is 6.61. The molecule has 1 aromatic carbocycles. The van der Waals surface area contributed by atoms with E-state index in [2.05, 4.69) is 4.99 Å². The number of hydrogen-bond donors (Lipinski definition) is 1. The molecule has 1 aliphatic heterocycles. The molecule has 0 amide bonds. The predicted octanol–water partition coefficient (Wildman–Crippen LogP) is 4.48. The number of carboxylic acid groups (broad SMARTS) is 1. The lowest BCUT2D eigenvalue weighted by atomic mass is 9.75. The summed E-state index contributed by atoms with van der Waals surface area (Å²) in [4.78, 5) is 28.8. The molecule has 134 valence electrons. The summed E-state index contributed by atoms with van der Waals surface area (Å²) in [6.45, 7) is 5.41. The number of hydrogen-bond acceptors (Lipinski definition) is 4. The third-order valence-corrected chi connectivity index (χ3v) is 4.90. The van der Waals surface area contributed by atoms with Crippen molar-refractivity contribution in [3.8, 4) is 0 Å². The van der Waals surface area contributed by atoms with Gasteiger partial charge in [-0.25, -0.2) is 4.79 Å². The van der Waals surface area contributed by atoms with Gasteiger partial charge in [0.25, 0.3) is 0 Å². The fraction of sp³-hybridized carbons (Fsp3) is 0.389. The van der Waals surface area contributed by atoms with Crippen LogP contribution in [0.1, 0.15) is 38.7 Å². The smallest absolute Gasteiger partial charge is 0.336 e. The van der Waals surface area contributed by atoms with Gasteiger partial charge in [-0.05, 0) is 31.9 Å². The van der Waals surface area contributed by atoms with Gasteiger partial charge in [0.2, 0.25) is 0 Å². The molecular weight excluding hydrogens is 365 g/mol. The molecule has 2 rings (SSSR count). The molecule has 25 heavy (non-hydrogen) atoms. The fourth-order valence-corrected chi connectivity index (χ4v) is 3.42. The van der Waals surface area contributed by atoms with Crippen LogP contribution in [-0.4, -0.2) is 29.4 Å². The maximum atomic E-state index is 12.6. The highest BCUT2D eigenvalue weighted by atomic mass is 35.5. The topological polar surface area (TPSA) is 76.0 Å². The number of halogens is 2. The Kier molecular flexibility index (Phi) is 6.25. The minimum absolute atomic E-state index is 0.204. The summed E-state index contributed by atoms with van der Waals surface area (Å²) in [6.07, 6.45) is 0.658. The number of allylic oxidation sites excluding steroid dienone is 1. The van der Waals surface area contributed by atoms with Crippen LogP contribution in [0.4, 0.5) is 0 Å². The second-order valence-electron chi connectivity index (χ2n) is 5.82. The summed E-state index contributed by atoms with van der Waals surface area (Å²) in [5.41, 5.74) is 1.50. The molecule has 0 saturated heterocycles. The largest absolute Gasteiger partial charge is 0.481 e. The van der Waals surface area contributed by atoms with Gasteiger partial charge >= 0.3 is 11.9 Å². The summed E-state index contributed by atoms with van der Waals surface area (Å²) in [7, 11) is 0. The predicted molar refractivity (Wildman–Crippen MR) is 97.4 cm³/mol. The van der Waals surface area contributed by atoms with Crippen LogP contribution in [-0.2, 0) is 14.3 Å². The van der Waals surface area contributed by atoms with Gasteiger partial charge < -0.3 is 9.84 Å². The van der Waals surface area contributed by atoms with Crippen molar-refractivity contribution in [2.45, 2.75) is 33.1 Å². The number of carbonyl (C=O) groups is 2. The average Bonchev–Trinajstić information content (AvgIpc) is 2.54. The minimum atomic E-state index is -1.09. The Morgan fingerprint density at radius 2 is 1.96 bits per heavy atom. The van der Waals surface area contributed by atoms with E-state index >= 15 is 0 Å². The molecule has 0 aromatic heterocycles. The molecule has 2 atom stereocenters. The van der Waals surface area contributed by atoms with Crippen molar-refractivity contribution in [1.82, 2.24) is 0 Å². The van der Waals surface area contributed by atoms with Crippen molar-refractivity contribution in [2.24, 2.45) is 10.9 Å². The zero-order valence-electron chi connectivity index (χ0n) is 14.2. The van der Waals surface area contributed by atoms with E-state index in [0.29, 0.717) is 28.4 Å². The van der Waals surface area contributed by atoms with Crippen LogP contribution in [0.25, 0.3) is 0 Å². The number of aliphatic carboxylic acids is 1. The third-order valence-electron chi connectivity index (χ3n) is 4.07. The molecule has 2 unspecified atom stereocenters. The quantitative estimate of drug-likeness (QED) is 0.760. The molecule has 1 N–H and O–H groups in total. The third kappa shape index (κ3) is 3.88. The van der Waals surface area contributed by atoms with Crippen LogP contribution in [0.3, 0.4) is 0 Å². The molecular formula is C18H19Cl2NO4. The molecule has 0 fully saturated rings. The molecule has 1 aromatic rings. The van der Waals surface area contributed by atoms with Gasteiger partial charge in [0.15, 0.2) is 0 Å². The molecule has 0 radical (unpaired) electrons. The van der Waals surface area contributed by atoms with E-state index in [9.17, 15) is 14.7 Å². The highest BCUT2D eigenvalue weighted by Crippen LogP contribution is 2.43. The van der Waals surface area contributed by atoms with Crippen LogP contribution in [0.15, 0.2) is 34.5 Å². The lowest BCUT2D eigenvalue weighted by Crippen LogP contribution is -2.35. The standard InChI is InChI=1S/C18H19Cl2NO4/c1-4-8-25-18(24)14-10(3)21-9(2)13(17(22)23)15(14)11-6-5-7-12(19)16(11)20/h5-7,13,15H,4,8H2,1-3H3,(H,22,23). The number of carbonyl (C=O) groups excluding carboxylic acids is 1. The van der Waals surface area contributed by atoms with Crippen molar-refractivity contribution in [3.05, 3.63) is 45.1 Å². The zero-order chi connectivity index (χ0) is 18.7. The molecule has 0 aliphatic carbocycles. The number of benzene rings is 1. The van der Waals surface area contributed by atoms with E-state index in [1.165, 1.54) is 0 Å². The molecule has 7 heteroatoms. The summed E-state index contributed by atoms with van der Waals surface area (Å²) >= 11 is 12.4. The van der Waals surface area contributed by atoms with Gasteiger partial charge in [-0.1, -0.05) is 42.3 Å². The lowest BCUT2D eigenvalue weighted by molar-refractivity contribution is -0.141. The Balaban J connectivity index is 2.66. The van der Waals surface area contributed by atoms with Crippen molar-refractivity contribution in [2.75, 3.05) is 6.61 Å². The minimum Gasteiger partial charge on any atom is -0.481 e. The zero-order valence-corrected chi connectivity index (χ0v) is 15.7. The first-order chi connectivity index (χ1) is 11.8. The lowest BCUT2D eigenvalue weighted by Gasteiger charge is -2.31. The Bertz CT molecular complexity index is 770. The highest BCUT2D eigenvalue weighted by molar-refractivity contribution is 6.42. The van der Waals surface area contributed by atoms with Crippen LogP contribution < -0.4 is 0 Å². The molecule has 1 aliphatic rings. The number of ether oxygens (including phenoxy) is 1. The Morgan fingerprint density at radius 1 is 1.28 bits per heavy atom. The van der Waals surface area contributed by atoms with E-state index in [4.69, 9.17) is 27.9 Å². The monoisotopic (exact) mass is 383 g/mol. The van der Waals surface area contributed by atoms with Crippen molar-refractivity contribution in [1.29, 1.82) is 0 Å². The van der Waals surface area contributed by atoms with E-state index in [1.54, 1.807) is 32.0 Å². The van der Waals surface area contributed by atoms with Crippen molar-refractivity contribution < 1.29 is 19.4 Å². The molecule has 0 spiro atoms. The fourth-order valence-electron chi connectivity index (χ4n) is 2.99. The van der Waals surface area contributed by atoms with E-state index < -0.39 is 23.8 Å². The van der Waals surface area contributed by atoms with E-state index in [-0.39, 0.29) is 17.2 Å². The van der Waals surface area contributed by atoms with Crippen LogP contribution in [0, 0.1) is 5.92 Å². The number of nitrogens with zero attached hydrogens (tertiary/aromatic N) is 1. The highest BCUT2D eigenvalue weighted by Gasteiger charge is 2.42. The Morgan fingerprint density at radius 3 is 2.56 bits per heavy atom. The van der Waals surface area contributed by atoms with Gasteiger partial charge in [-0.2, -0.15) is 0 Å². The first kappa shape index (κ1) is 19.5. The van der Waals surface area contributed by atoms with Gasteiger partial charge in [-0.3, -0.25) is 9.79 Å². The average molecular weight is 384 g/mol. The maximum Gasteiger partial charge on any atom is 0.336 e. The first-order valence-electron chi connectivity index (χ1n) is 7.89. The van der Waals surface area contributed by atoms with Crippen molar-refractivity contribution in [3.63, 3.8) is 0 Å². The van der Waals surface area contributed by atoms with Crippen LogP contribution in [0.2, 0.25) is 10.0 Å². The van der Waals surface area contributed by atoms with Crippen molar-refractivity contribution >= 4 is 40.9 Å². The normalized spacial score (nSPS) is 20.3. The number of esters is 1. The maximum absolute atomic E-state index is 12.6. The summed E-state index contributed by atoms with van der Waals surface area (Å²) < 4.78 is 5.25. The number of carboxylic acids is 1. The molecule has 0 bridgehead atoms. The van der Waals surface area contributed by atoms with Gasteiger partial charge in [-0.15, -0.1) is 0 Å². The Hall–Kier alpha value is -1.85. The van der Waals surface area contributed by atoms with Gasteiger partial charge in [0.1, 0.15) is 5.92 Å². The second kappa shape index (κ2) is 8.02. The van der Waals surface area contributed by atoms with Gasteiger partial charge in [0, 0.05) is 17.3 Å². The van der Waals surface area contributed by atoms with E-state index in [0.717, 1.165) is 0 Å². The van der Waals surface area contributed by atoms with Crippen LogP contribution >= 0.6 is 23.2 Å². The summed E-state index contributed by atoms with van der Waals surface area (Å²) in [5, 5.41) is 10.3. The number of rotatable bonds is 5.